The molecule has 0 bridgehead atoms. The lowest BCUT2D eigenvalue weighted by Gasteiger charge is -2.18. The fourth-order valence-electron chi connectivity index (χ4n) is 1.18. The van der Waals surface area contributed by atoms with Crippen LogP contribution in [0.25, 0.3) is 0 Å². The molecule has 0 spiro atoms. The SMILES string of the molecule is CN1CCN(CC(O)CBr)C1=O. The van der Waals surface area contributed by atoms with E-state index in [1.54, 1.807) is 16.8 Å². The van der Waals surface area contributed by atoms with E-state index in [1.807, 2.05) is 0 Å². The van der Waals surface area contributed by atoms with Gasteiger partial charge in [-0.3, -0.25) is 0 Å². The molecule has 0 aromatic heterocycles. The number of rotatable bonds is 3. The number of carbonyl (C=O) groups excluding carboxylic acids is 1. The largest absolute Gasteiger partial charge is 0.390 e. The number of nitrogens with zero attached hydrogens (tertiary/aromatic N) is 2. The molecule has 5 heteroatoms. The van der Waals surface area contributed by atoms with Gasteiger partial charge in [-0.05, 0) is 0 Å². The van der Waals surface area contributed by atoms with E-state index in [-0.39, 0.29) is 6.03 Å². The molecule has 1 saturated heterocycles. The third-order valence-electron chi connectivity index (χ3n) is 1.91. The summed E-state index contributed by atoms with van der Waals surface area (Å²) in [6, 6.07) is 0.00926. The van der Waals surface area contributed by atoms with E-state index in [2.05, 4.69) is 15.9 Å². The lowest BCUT2D eigenvalue weighted by Crippen LogP contribution is -2.36. The highest BCUT2D eigenvalue weighted by atomic mass is 79.9. The maximum Gasteiger partial charge on any atom is 0.319 e. The molecule has 0 radical (unpaired) electrons. The van der Waals surface area contributed by atoms with Crippen molar-refractivity contribution in [3.8, 4) is 0 Å². The molecule has 0 saturated carbocycles. The lowest BCUT2D eigenvalue weighted by molar-refractivity contribution is 0.144. The Morgan fingerprint density at radius 3 is 2.75 bits per heavy atom. The number of amides is 2. The van der Waals surface area contributed by atoms with E-state index in [0.29, 0.717) is 11.9 Å². The zero-order chi connectivity index (χ0) is 9.14. The van der Waals surface area contributed by atoms with Gasteiger partial charge < -0.3 is 14.9 Å². The first kappa shape index (κ1) is 9.80. The normalized spacial score (nSPS) is 20.4. The molecule has 0 aromatic carbocycles. The molecular weight excluding hydrogens is 224 g/mol. The quantitative estimate of drug-likeness (QED) is 0.708. The van der Waals surface area contributed by atoms with Gasteiger partial charge in [0.15, 0.2) is 0 Å². The number of likely N-dealkylation sites (N-methyl/N-ethyl adjacent to an activating group) is 1. The first-order valence-corrected chi connectivity index (χ1v) is 5.01. The third kappa shape index (κ3) is 2.10. The van der Waals surface area contributed by atoms with Crippen LogP contribution >= 0.6 is 15.9 Å². The van der Waals surface area contributed by atoms with Crippen molar-refractivity contribution in [1.29, 1.82) is 0 Å². The average molecular weight is 237 g/mol. The van der Waals surface area contributed by atoms with Gasteiger partial charge in [-0.2, -0.15) is 0 Å². The summed E-state index contributed by atoms with van der Waals surface area (Å²) in [6.45, 7) is 1.90. The molecule has 1 rings (SSSR count). The molecule has 1 unspecified atom stereocenters. The highest BCUT2D eigenvalue weighted by Crippen LogP contribution is 2.07. The van der Waals surface area contributed by atoms with Gasteiger partial charge in [-0.25, -0.2) is 4.79 Å². The Kier molecular flexibility index (Phi) is 3.34. The summed E-state index contributed by atoms with van der Waals surface area (Å²) >= 11 is 3.16. The van der Waals surface area contributed by atoms with Crippen LogP contribution in [0.5, 0.6) is 0 Å². The van der Waals surface area contributed by atoms with E-state index in [1.165, 1.54) is 0 Å². The zero-order valence-corrected chi connectivity index (χ0v) is 8.62. The van der Waals surface area contributed by atoms with Gasteiger partial charge in [0, 0.05) is 32.0 Å². The molecule has 1 heterocycles. The summed E-state index contributed by atoms with van der Waals surface area (Å²) in [6.07, 6.45) is -0.458. The fourth-order valence-corrected chi connectivity index (χ4v) is 1.38. The minimum atomic E-state index is -0.458. The number of hydrogen-bond donors (Lipinski definition) is 1. The number of aliphatic hydroxyl groups excluding tert-OH is 1. The van der Waals surface area contributed by atoms with Crippen molar-refractivity contribution in [1.82, 2.24) is 9.80 Å². The summed E-state index contributed by atoms with van der Waals surface area (Å²) in [7, 11) is 1.77. The molecule has 70 valence electrons. The van der Waals surface area contributed by atoms with Gasteiger partial charge in [0.1, 0.15) is 0 Å². The number of aliphatic hydroxyl groups is 1. The first-order chi connectivity index (χ1) is 5.65. The van der Waals surface area contributed by atoms with Gasteiger partial charge in [-0.15, -0.1) is 0 Å². The van der Waals surface area contributed by atoms with E-state index in [9.17, 15) is 9.90 Å². The van der Waals surface area contributed by atoms with Crippen molar-refractivity contribution in [2.75, 3.05) is 32.0 Å². The number of hydrogen-bond acceptors (Lipinski definition) is 2. The Hall–Kier alpha value is -0.290. The van der Waals surface area contributed by atoms with Crippen LogP contribution in [0, 0.1) is 0 Å². The third-order valence-corrected chi connectivity index (χ3v) is 2.66. The molecular formula is C7H13BrN2O2. The second-order valence-corrected chi connectivity index (χ2v) is 3.61. The lowest BCUT2D eigenvalue weighted by atomic mass is 10.4. The minimum absolute atomic E-state index is 0.00926. The second-order valence-electron chi connectivity index (χ2n) is 2.96. The summed E-state index contributed by atoms with van der Waals surface area (Å²) in [5, 5.41) is 9.78. The van der Waals surface area contributed by atoms with Crippen LogP contribution in [-0.2, 0) is 0 Å². The Bertz CT molecular complexity index is 177. The Balaban J connectivity index is 2.39. The average Bonchev–Trinajstić information content (AvgIpc) is 2.36. The molecule has 1 aliphatic rings. The minimum Gasteiger partial charge on any atom is -0.390 e. The molecule has 4 nitrogen and oxygen atoms in total. The van der Waals surface area contributed by atoms with Gasteiger partial charge in [0.25, 0.3) is 0 Å². The molecule has 1 atom stereocenters. The molecule has 1 fully saturated rings. The predicted octanol–water partition coefficient (Wildman–Crippen LogP) is 0.110. The van der Waals surface area contributed by atoms with Crippen LogP contribution < -0.4 is 0 Å². The molecule has 1 aliphatic heterocycles. The van der Waals surface area contributed by atoms with E-state index in [0.717, 1.165) is 13.1 Å². The Morgan fingerprint density at radius 2 is 2.33 bits per heavy atom. The Labute approximate surface area is 80.3 Å². The smallest absolute Gasteiger partial charge is 0.319 e. The summed E-state index contributed by atoms with van der Waals surface area (Å²) in [5.74, 6) is 0. The maximum atomic E-state index is 11.3. The van der Waals surface area contributed by atoms with Crippen LogP contribution in [0.1, 0.15) is 0 Å². The monoisotopic (exact) mass is 236 g/mol. The highest BCUT2D eigenvalue weighted by molar-refractivity contribution is 9.09. The van der Waals surface area contributed by atoms with E-state index >= 15 is 0 Å². The van der Waals surface area contributed by atoms with Crippen molar-refractivity contribution in [2.45, 2.75) is 6.10 Å². The fraction of sp³-hybridized carbons (Fsp3) is 0.857. The topological polar surface area (TPSA) is 43.8 Å². The van der Waals surface area contributed by atoms with Gasteiger partial charge in [-0.1, -0.05) is 15.9 Å². The summed E-state index contributed by atoms with van der Waals surface area (Å²) in [5.41, 5.74) is 0. The predicted molar refractivity (Wildman–Crippen MR) is 49.4 cm³/mol. The highest BCUT2D eigenvalue weighted by Gasteiger charge is 2.26. The van der Waals surface area contributed by atoms with Gasteiger partial charge >= 0.3 is 6.03 Å². The molecule has 1 N–H and O–H groups in total. The van der Waals surface area contributed by atoms with Gasteiger partial charge in [0.05, 0.1) is 6.10 Å². The number of halogens is 1. The number of carbonyl (C=O) groups is 1. The van der Waals surface area contributed by atoms with E-state index in [4.69, 9.17) is 0 Å². The Morgan fingerprint density at radius 1 is 1.67 bits per heavy atom. The number of β-amino-alcohol motifs (C(OH)–C–C–N with tert-alkyl or cyclic N) is 1. The van der Waals surface area contributed by atoms with Crippen LogP contribution in [-0.4, -0.2) is 59.1 Å². The molecule has 12 heavy (non-hydrogen) atoms. The first-order valence-electron chi connectivity index (χ1n) is 3.89. The van der Waals surface area contributed by atoms with Crippen molar-refractivity contribution >= 4 is 22.0 Å². The van der Waals surface area contributed by atoms with Crippen molar-refractivity contribution < 1.29 is 9.90 Å². The standard InChI is InChI=1S/C7H13BrN2O2/c1-9-2-3-10(7(9)12)5-6(11)4-8/h6,11H,2-5H2,1H3. The van der Waals surface area contributed by atoms with Crippen molar-refractivity contribution in [3.05, 3.63) is 0 Å². The number of urea groups is 1. The molecule has 2 amide bonds. The number of alkyl halides is 1. The second kappa shape index (κ2) is 4.09. The van der Waals surface area contributed by atoms with Gasteiger partial charge in [0.2, 0.25) is 0 Å². The maximum absolute atomic E-state index is 11.3. The molecule has 0 aliphatic carbocycles. The zero-order valence-electron chi connectivity index (χ0n) is 7.03. The molecule has 0 aromatic rings. The van der Waals surface area contributed by atoms with Crippen LogP contribution in [0.4, 0.5) is 4.79 Å². The van der Waals surface area contributed by atoms with Crippen LogP contribution in [0.3, 0.4) is 0 Å². The van der Waals surface area contributed by atoms with Crippen LogP contribution in [0.2, 0.25) is 0 Å². The summed E-state index contributed by atoms with van der Waals surface area (Å²) in [4.78, 5) is 14.6. The van der Waals surface area contributed by atoms with Crippen molar-refractivity contribution in [3.63, 3.8) is 0 Å². The van der Waals surface area contributed by atoms with Crippen molar-refractivity contribution in [2.24, 2.45) is 0 Å². The van der Waals surface area contributed by atoms with Crippen LogP contribution in [0.15, 0.2) is 0 Å². The summed E-state index contributed by atoms with van der Waals surface area (Å²) < 4.78 is 0. The van der Waals surface area contributed by atoms with E-state index < -0.39 is 6.10 Å².